The molecule has 15 heavy (non-hydrogen) atoms. The fourth-order valence-corrected chi connectivity index (χ4v) is 1.72. The number of hydrogen-bond acceptors (Lipinski definition) is 4. The molecule has 2 rings (SSSR count). The van der Waals surface area contributed by atoms with E-state index in [1.54, 1.807) is 16.4 Å². The Balaban J connectivity index is 2.37. The number of hydrogen-bond donors (Lipinski definition) is 0. The molecule has 0 saturated heterocycles. The van der Waals surface area contributed by atoms with Crippen molar-refractivity contribution in [1.82, 2.24) is 14.8 Å². The quantitative estimate of drug-likeness (QED) is 0.744. The van der Waals surface area contributed by atoms with Gasteiger partial charge in [0.05, 0.1) is 5.51 Å². The third-order valence-electron chi connectivity index (χ3n) is 2.16. The highest BCUT2D eigenvalue weighted by Gasteiger charge is 2.20. The summed E-state index contributed by atoms with van der Waals surface area (Å²) < 4.78 is 1.65. The molecule has 0 bridgehead atoms. The third kappa shape index (κ3) is 1.83. The summed E-state index contributed by atoms with van der Waals surface area (Å²) in [5, 5.41) is 6.26. The largest absolute Gasteiger partial charge is 0.301 e. The maximum atomic E-state index is 10.8. The van der Waals surface area contributed by atoms with Gasteiger partial charge in [-0.1, -0.05) is 0 Å². The van der Waals surface area contributed by atoms with Crippen LogP contribution >= 0.6 is 11.3 Å². The standard InChI is InChI=1S/C10H11N3OS/c1-10(2,6-14)13-4-3-8(12-13)9-5-15-7-11-9/h3-7H,1-2H3. The van der Waals surface area contributed by atoms with Gasteiger partial charge in [0.15, 0.2) is 0 Å². The van der Waals surface area contributed by atoms with Crippen molar-refractivity contribution >= 4 is 17.6 Å². The van der Waals surface area contributed by atoms with E-state index >= 15 is 0 Å². The van der Waals surface area contributed by atoms with Crippen LogP contribution in [0.15, 0.2) is 23.2 Å². The van der Waals surface area contributed by atoms with Crippen LogP contribution in [0.1, 0.15) is 13.8 Å². The van der Waals surface area contributed by atoms with Gasteiger partial charge in [-0.3, -0.25) is 4.68 Å². The summed E-state index contributed by atoms with van der Waals surface area (Å²) in [4.78, 5) is 15.0. The molecule has 5 heteroatoms. The first-order valence-electron chi connectivity index (χ1n) is 4.54. The molecule has 0 spiro atoms. The highest BCUT2D eigenvalue weighted by Crippen LogP contribution is 2.19. The molecule has 0 aliphatic heterocycles. The van der Waals surface area contributed by atoms with Crippen molar-refractivity contribution in [3.8, 4) is 11.4 Å². The lowest BCUT2D eigenvalue weighted by Gasteiger charge is -2.16. The number of aromatic nitrogens is 3. The number of nitrogens with zero attached hydrogens (tertiary/aromatic N) is 3. The summed E-state index contributed by atoms with van der Waals surface area (Å²) in [6.45, 7) is 3.63. The smallest absolute Gasteiger partial charge is 0.147 e. The van der Waals surface area contributed by atoms with Gasteiger partial charge in [0.2, 0.25) is 0 Å². The zero-order chi connectivity index (χ0) is 10.9. The van der Waals surface area contributed by atoms with Crippen molar-refractivity contribution in [2.75, 3.05) is 0 Å². The molecule has 0 unspecified atom stereocenters. The van der Waals surface area contributed by atoms with Crippen molar-refractivity contribution in [3.63, 3.8) is 0 Å². The zero-order valence-corrected chi connectivity index (χ0v) is 9.36. The number of rotatable bonds is 3. The Morgan fingerprint density at radius 1 is 1.47 bits per heavy atom. The fourth-order valence-electron chi connectivity index (χ4n) is 1.17. The van der Waals surface area contributed by atoms with E-state index in [1.165, 1.54) is 11.3 Å². The van der Waals surface area contributed by atoms with Crippen LogP contribution in [-0.4, -0.2) is 21.1 Å². The van der Waals surface area contributed by atoms with Gasteiger partial charge in [-0.05, 0) is 19.9 Å². The number of aldehydes is 1. The Morgan fingerprint density at radius 2 is 2.27 bits per heavy atom. The van der Waals surface area contributed by atoms with Crippen molar-refractivity contribution in [2.45, 2.75) is 19.4 Å². The van der Waals surface area contributed by atoms with Crippen LogP contribution in [0.4, 0.5) is 0 Å². The lowest BCUT2D eigenvalue weighted by molar-refractivity contribution is -0.114. The molecule has 2 heterocycles. The van der Waals surface area contributed by atoms with Crippen molar-refractivity contribution in [2.24, 2.45) is 0 Å². The molecule has 0 radical (unpaired) electrons. The van der Waals surface area contributed by atoms with E-state index in [-0.39, 0.29) is 0 Å². The first-order valence-corrected chi connectivity index (χ1v) is 5.49. The molecule has 0 N–H and O–H groups in total. The topological polar surface area (TPSA) is 47.8 Å². The predicted molar refractivity (Wildman–Crippen MR) is 58.7 cm³/mol. The molecular weight excluding hydrogens is 210 g/mol. The van der Waals surface area contributed by atoms with Crippen LogP contribution < -0.4 is 0 Å². The maximum Gasteiger partial charge on any atom is 0.147 e. The normalized spacial score (nSPS) is 11.6. The minimum atomic E-state index is -0.603. The third-order valence-corrected chi connectivity index (χ3v) is 2.75. The van der Waals surface area contributed by atoms with Gasteiger partial charge >= 0.3 is 0 Å². The Bertz CT molecular complexity index is 459. The highest BCUT2D eigenvalue weighted by molar-refractivity contribution is 7.07. The van der Waals surface area contributed by atoms with Gasteiger partial charge in [0, 0.05) is 11.6 Å². The molecule has 0 aliphatic rings. The molecule has 0 amide bonds. The monoisotopic (exact) mass is 221 g/mol. The first-order chi connectivity index (χ1) is 7.13. The molecule has 2 aromatic rings. The average molecular weight is 221 g/mol. The van der Waals surface area contributed by atoms with Gasteiger partial charge in [0.25, 0.3) is 0 Å². The summed E-state index contributed by atoms with van der Waals surface area (Å²) in [5.41, 5.74) is 2.81. The van der Waals surface area contributed by atoms with E-state index in [0.717, 1.165) is 17.7 Å². The van der Waals surface area contributed by atoms with Crippen LogP contribution in [0, 0.1) is 0 Å². The second-order valence-corrected chi connectivity index (χ2v) is 4.51. The maximum absolute atomic E-state index is 10.8. The van der Waals surface area contributed by atoms with E-state index in [0.29, 0.717) is 0 Å². The molecule has 4 nitrogen and oxygen atoms in total. The van der Waals surface area contributed by atoms with Gasteiger partial charge in [-0.25, -0.2) is 4.98 Å². The average Bonchev–Trinajstić information content (AvgIpc) is 2.88. The summed E-state index contributed by atoms with van der Waals surface area (Å²) in [6.07, 6.45) is 2.67. The molecule has 0 aromatic carbocycles. The van der Waals surface area contributed by atoms with E-state index in [4.69, 9.17) is 0 Å². The Labute approximate surface area is 91.6 Å². The lowest BCUT2D eigenvalue weighted by Crippen LogP contribution is -2.28. The second-order valence-electron chi connectivity index (χ2n) is 3.79. The zero-order valence-electron chi connectivity index (χ0n) is 8.54. The molecule has 0 fully saturated rings. The summed E-state index contributed by atoms with van der Waals surface area (Å²) in [5.74, 6) is 0. The number of thiazole rings is 1. The SMILES string of the molecule is CC(C)(C=O)n1ccc(-c2cscn2)n1. The van der Waals surface area contributed by atoms with Crippen molar-refractivity contribution < 1.29 is 4.79 Å². The van der Waals surface area contributed by atoms with Crippen LogP contribution in [0.25, 0.3) is 11.4 Å². The van der Waals surface area contributed by atoms with Gasteiger partial charge in [-0.15, -0.1) is 11.3 Å². The first kappa shape index (κ1) is 10.0. The van der Waals surface area contributed by atoms with Crippen LogP contribution in [0.5, 0.6) is 0 Å². The Morgan fingerprint density at radius 3 is 2.87 bits per heavy atom. The number of carbonyl (C=O) groups excluding carboxylic acids is 1. The molecule has 2 aromatic heterocycles. The van der Waals surface area contributed by atoms with Gasteiger partial charge in [0.1, 0.15) is 23.2 Å². The predicted octanol–water partition coefficient (Wildman–Crippen LogP) is 1.94. The molecule has 78 valence electrons. The van der Waals surface area contributed by atoms with E-state index in [9.17, 15) is 4.79 Å². The van der Waals surface area contributed by atoms with Crippen LogP contribution in [0.3, 0.4) is 0 Å². The number of carbonyl (C=O) groups is 1. The van der Waals surface area contributed by atoms with Crippen molar-refractivity contribution in [3.05, 3.63) is 23.2 Å². The van der Waals surface area contributed by atoms with E-state index in [1.807, 2.05) is 25.3 Å². The fraction of sp³-hybridized carbons (Fsp3) is 0.300. The minimum absolute atomic E-state index is 0.603. The molecule has 0 saturated carbocycles. The molecule has 0 aliphatic carbocycles. The Hall–Kier alpha value is -1.49. The van der Waals surface area contributed by atoms with Crippen LogP contribution in [-0.2, 0) is 10.3 Å². The Kier molecular flexibility index (Phi) is 2.40. The minimum Gasteiger partial charge on any atom is -0.301 e. The van der Waals surface area contributed by atoms with E-state index in [2.05, 4.69) is 10.1 Å². The summed E-state index contributed by atoms with van der Waals surface area (Å²) in [6, 6.07) is 1.86. The highest BCUT2D eigenvalue weighted by atomic mass is 32.1. The van der Waals surface area contributed by atoms with Crippen molar-refractivity contribution in [1.29, 1.82) is 0 Å². The van der Waals surface area contributed by atoms with E-state index < -0.39 is 5.54 Å². The molecular formula is C10H11N3OS. The lowest BCUT2D eigenvalue weighted by atomic mass is 10.1. The second kappa shape index (κ2) is 3.58. The van der Waals surface area contributed by atoms with Gasteiger partial charge in [-0.2, -0.15) is 5.10 Å². The van der Waals surface area contributed by atoms with Gasteiger partial charge < -0.3 is 4.79 Å². The summed E-state index contributed by atoms with van der Waals surface area (Å²) in [7, 11) is 0. The summed E-state index contributed by atoms with van der Waals surface area (Å²) >= 11 is 1.53. The van der Waals surface area contributed by atoms with Crippen LogP contribution in [0.2, 0.25) is 0 Å². The molecule has 0 atom stereocenters.